The van der Waals surface area contributed by atoms with E-state index in [1.165, 1.54) is 11.3 Å². The minimum Gasteiger partial charge on any atom is -0.366 e. The Morgan fingerprint density at radius 2 is 2.17 bits per heavy atom. The van der Waals surface area contributed by atoms with Crippen LogP contribution in [-0.2, 0) is 11.2 Å². The van der Waals surface area contributed by atoms with Crippen LogP contribution in [0, 0.1) is 0 Å². The Kier molecular flexibility index (Phi) is 2.98. The third-order valence-electron chi connectivity index (χ3n) is 4.11. The second kappa shape index (κ2) is 4.63. The number of para-hydroxylation sites is 1. The normalized spacial score (nSPS) is 22.4. The second-order valence-corrected chi connectivity index (χ2v) is 5.23. The lowest BCUT2D eigenvalue weighted by molar-refractivity contribution is -0.130. The molecule has 0 radical (unpaired) electrons. The first-order valence-corrected chi connectivity index (χ1v) is 6.92. The van der Waals surface area contributed by atoms with Gasteiger partial charge in [-0.05, 0) is 24.5 Å². The van der Waals surface area contributed by atoms with Crippen molar-refractivity contribution in [1.29, 1.82) is 0 Å². The van der Waals surface area contributed by atoms with E-state index in [1.54, 1.807) is 0 Å². The van der Waals surface area contributed by atoms with Crippen LogP contribution in [0.3, 0.4) is 0 Å². The van der Waals surface area contributed by atoms with E-state index in [1.807, 2.05) is 6.92 Å². The molecule has 2 aliphatic heterocycles. The fourth-order valence-corrected chi connectivity index (χ4v) is 3.22. The predicted octanol–water partition coefficient (Wildman–Crippen LogP) is 2.06. The number of carbonyl (C=O) groups excluding carboxylic acids is 1. The summed E-state index contributed by atoms with van der Waals surface area (Å²) in [5.41, 5.74) is 2.82. The lowest BCUT2D eigenvalue weighted by Crippen LogP contribution is -2.41. The summed E-state index contributed by atoms with van der Waals surface area (Å²) in [5.74, 6) is 0.299. The molecule has 2 heterocycles. The Balaban J connectivity index is 1.82. The highest BCUT2D eigenvalue weighted by atomic mass is 16.2. The summed E-state index contributed by atoms with van der Waals surface area (Å²) in [5, 5.41) is 0. The Bertz CT molecular complexity index is 458. The van der Waals surface area contributed by atoms with Gasteiger partial charge in [0.05, 0.1) is 6.04 Å². The van der Waals surface area contributed by atoms with Crippen molar-refractivity contribution in [2.45, 2.75) is 32.2 Å². The smallest absolute Gasteiger partial charge is 0.222 e. The van der Waals surface area contributed by atoms with Crippen molar-refractivity contribution in [2.24, 2.45) is 0 Å². The van der Waals surface area contributed by atoms with E-state index in [0.717, 1.165) is 32.5 Å². The van der Waals surface area contributed by atoms with Gasteiger partial charge in [-0.15, -0.1) is 0 Å². The maximum Gasteiger partial charge on any atom is 0.222 e. The molecule has 18 heavy (non-hydrogen) atoms. The monoisotopic (exact) mass is 244 g/mol. The number of amides is 1. The van der Waals surface area contributed by atoms with Crippen LogP contribution in [0.4, 0.5) is 5.69 Å². The van der Waals surface area contributed by atoms with Crippen molar-refractivity contribution < 1.29 is 4.79 Å². The van der Waals surface area contributed by atoms with Gasteiger partial charge in [-0.1, -0.05) is 25.1 Å². The van der Waals surface area contributed by atoms with E-state index in [-0.39, 0.29) is 0 Å². The van der Waals surface area contributed by atoms with Gasteiger partial charge in [0.25, 0.3) is 0 Å². The van der Waals surface area contributed by atoms with Gasteiger partial charge in [0.15, 0.2) is 0 Å². The number of carbonyl (C=O) groups is 1. The second-order valence-electron chi connectivity index (χ2n) is 5.23. The molecule has 1 aromatic carbocycles. The molecule has 0 N–H and O–H groups in total. The van der Waals surface area contributed by atoms with E-state index in [0.29, 0.717) is 18.4 Å². The molecule has 3 nitrogen and oxygen atoms in total. The molecular weight excluding hydrogens is 224 g/mol. The SMILES string of the molecule is CCC(=O)N1CCCN2c3ccccc3CC2C1. The zero-order valence-corrected chi connectivity index (χ0v) is 10.9. The van der Waals surface area contributed by atoms with Crippen molar-refractivity contribution in [3.63, 3.8) is 0 Å². The van der Waals surface area contributed by atoms with E-state index in [2.05, 4.69) is 34.1 Å². The van der Waals surface area contributed by atoms with Gasteiger partial charge < -0.3 is 9.80 Å². The third-order valence-corrected chi connectivity index (χ3v) is 4.11. The van der Waals surface area contributed by atoms with Crippen LogP contribution in [0.2, 0.25) is 0 Å². The zero-order chi connectivity index (χ0) is 12.5. The lowest BCUT2D eigenvalue weighted by Gasteiger charge is -2.27. The van der Waals surface area contributed by atoms with E-state index >= 15 is 0 Å². The summed E-state index contributed by atoms with van der Waals surface area (Å²) in [6, 6.07) is 9.14. The van der Waals surface area contributed by atoms with Crippen molar-refractivity contribution in [3.05, 3.63) is 29.8 Å². The van der Waals surface area contributed by atoms with Gasteiger partial charge in [0.2, 0.25) is 5.91 Å². The Hall–Kier alpha value is -1.51. The molecule has 0 bridgehead atoms. The largest absolute Gasteiger partial charge is 0.366 e. The summed E-state index contributed by atoms with van der Waals surface area (Å²) in [6.07, 6.45) is 2.79. The first-order valence-electron chi connectivity index (χ1n) is 6.92. The summed E-state index contributed by atoms with van der Waals surface area (Å²) >= 11 is 0. The van der Waals surface area contributed by atoms with E-state index < -0.39 is 0 Å². The number of rotatable bonds is 1. The number of hydrogen-bond donors (Lipinski definition) is 0. The molecule has 0 spiro atoms. The molecule has 96 valence electrons. The molecule has 0 aliphatic carbocycles. The van der Waals surface area contributed by atoms with Crippen molar-refractivity contribution >= 4 is 11.6 Å². The first-order chi connectivity index (χ1) is 8.79. The molecule has 1 atom stereocenters. The van der Waals surface area contributed by atoms with Gasteiger partial charge in [-0.25, -0.2) is 0 Å². The number of hydrogen-bond acceptors (Lipinski definition) is 2. The number of nitrogens with zero attached hydrogens (tertiary/aromatic N) is 2. The minimum absolute atomic E-state index is 0.299. The fraction of sp³-hybridized carbons (Fsp3) is 0.533. The lowest BCUT2D eigenvalue weighted by atomic mass is 10.1. The van der Waals surface area contributed by atoms with Crippen LogP contribution in [0.15, 0.2) is 24.3 Å². The third kappa shape index (κ3) is 1.88. The van der Waals surface area contributed by atoms with Crippen LogP contribution in [0.5, 0.6) is 0 Å². The summed E-state index contributed by atoms with van der Waals surface area (Å²) in [6.45, 7) is 4.84. The van der Waals surface area contributed by atoms with Crippen LogP contribution in [0.1, 0.15) is 25.3 Å². The highest BCUT2D eigenvalue weighted by molar-refractivity contribution is 5.76. The molecule has 0 aromatic heterocycles. The van der Waals surface area contributed by atoms with Crippen LogP contribution in [0.25, 0.3) is 0 Å². The summed E-state index contributed by atoms with van der Waals surface area (Å²) in [4.78, 5) is 16.4. The Morgan fingerprint density at radius 1 is 1.33 bits per heavy atom. The van der Waals surface area contributed by atoms with Gasteiger partial charge in [-0.2, -0.15) is 0 Å². The molecule has 3 heteroatoms. The summed E-state index contributed by atoms with van der Waals surface area (Å²) < 4.78 is 0. The molecule has 3 rings (SSSR count). The maximum absolute atomic E-state index is 11.9. The van der Waals surface area contributed by atoms with Gasteiger partial charge in [0, 0.05) is 31.7 Å². The number of anilines is 1. The molecule has 1 aromatic rings. The minimum atomic E-state index is 0.299. The standard InChI is InChI=1S/C15H20N2O/c1-2-15(18)16-8-5-9-17-13(11-16)10-12-6-3-4-7-14(12)17/h3-4,6-7,13H,2,5,8-11H2,1H3. The molecule has 1 amide bonds. The van der Waals surface area contributed by atoms with Crippen molar-refractivity contribution in [1.82, 2.24) is 4.90 Å². The Morgan fingerprint density at radius 3 is 3.00 bits per heavy atom. The molecule has 1 fully saturated rings. The van der Waals surface area contributed by atoms with Gasteiger partial charge >= 0.3 is 0 Å². The first kappa shape index (κ1) is 11.6. The van der Waals surface area contributed by atoms with Crippen LogP contribution in [-0.4, -0.2) is 36.5 Å². The average Bonchev–Trinajstić information content (AvgIpc) is 2.61. The number of benzene rings is 1. The van der Waals surface area contributed by atoms with Gasteiger partial charge in [0.1, 0.15) is 0 Å². The average molecular weight is 244 g/mol. The van der Waals surface area contributed by atoms with E-state index in [9.17, 15) is 4.79 Å². The Labute approximate surface area is 108 Å². The predicted molar refractivity (Wildman–Crippen MR) is 72.8 cm³/mol. The van der Waals surface area contributed by atoms with Crippen LogP contribution >= 0.6 is 0 Å². The topological polar surface area (TPSA) is 23.6 Å². The van der Waals surface area contributed by atoms with E-state index in [4.69, 9.17) is 0 Å². The van der Waals surface area contributed by atoms with Gasteiger partial charge in [-0.3, -0.25) is 4.79 Å². The highest BCUT2D eigenvalue weighted by Gasteiger charge is 2.32. The molecule has 0 saturated carbocycles. The fourth-order valence-electron chi connectivity index (χ4n) is 3.22. The number of fused-ring (bicyclic) bond motifs is 3. The quantitative estimate of drug-likeness (QED) is 0.755. The molecular formula is C15H20N2O. The van der Waals surface area contributed by atoms with Crippen LogP contribution < -0.4 is 4.90 Å². The van der Waals surface area contributed by atoms with Crippen molar-refractivity contribution in [3.8, 4) is 0 Å². The van der Waals surface area contributed by atoms with Crippen molar-refractivity contribution in [2.75, 3.05) is 24.5 Å². The molecule has 2 aliphatic rings. The molecule has 1 saturated heterocycles. The molecule has 1 unspecified atom stereocenters. The maximum atomic E-state index is 11.9. The zero-order valence-electron chi connectivity index (χ0n) is 10.9. The summed E-state index contributed by atoms with van der Waals surface area (Å²) in [7, 11) is 0. The highest BCUT2D eigenvalue weighted by Crippen LogP contribution is 2.33.